The van der Waals surface area contributed by atoms with E-state index in [0.717, 1.165) is 17.4 Å². The number of thiocarbonyl (C=S) groups is 1. The molecule has 4 nitrogen and oxygen atoms in total. The van der Waals surface area contributed by atoms with Gasteiger partial charge in [0.2, 0.25) is 0 Å². The molecule has 0 spiro atoms. The van der Waals surface area contributed by atoms with Gasteiger partial charge in [-0.2, -0.15) is 0 Å². The summed E-state index contributed by atoms with van der Waals surface area (Å²) in [5.74, 6) is 0. The van der Waals surface area contributed by atoms with Crippen molar-refractivity contribution >= 4 is 17.3 Å². The van der Waals surface area contributed by atoms with E-state index in [0.29, 0.717) is 6.04 Å². The summed E-state index contributed by atoms with van der Waals surface area (Å²) in [5, 5.41) is 4.49. The molecule has 1 aliphatic carbocycles. The average Bonchev–Trinajstić information content (AvgIpc) is 3.34. The fraction of sp³-hybridized carbons (Fsp3) is 0.524. The molecule has 26 heavy (non-hydrogen) atoms. The molecule has 0 unspecified atom stereocenters. The first-order chi connectivity index (χ1) is 12.6. The van der Waals surface area contributed by atoms with Crippen molar-refractivity contribution in [3.8, 4) is 0 Å². The molecule has 1 saturated carbocycles. The summed E-state index contributed by atoms with van der Waals surface area (Å²) in [5.41, 5.74) is 5.13. The predicted octanol–water partition coefficient (Wildman–Crippen LogP) is 4.43. The number of hydrogen-bond acceptors (Lipinski definition) is 2. The second kappa shape index (κ2) is 7.03. The van der Waals surface area contributed by atoms with Crippen LogP contribution in [-0.2, 0) is 6.54 Å². The van der Waals surface area contributed by atoms with Gasteiger partial charge in [-0.1, -0.05) is 18.9 Å². The lowest BCUT2D eigenvalue weighted by atomic mass is 9.95. The molecule has 2 aromatic heterocycles. The lowest BCUT2D eigenvalue weighted by molar-refractivity contribution is 0.245. The van der Waals surface area contributed by atoms with Gasteiger partial charge in [-0.05, 0) is 69.6 Å². The van der Waals surface area contributed by atoms with Gasteiger partial charge < -0.3 is 14.8 Å². The van der Waals surface area contributed by atoms with Crippen LogP contribution in [0.2, 0.25) is 0 Å². The zero-order valence-electron chi connectivity index (χ0n) is 15.9. The number of aryl methyl sites for hydroxylation is 1. The molecule has 0 bridgehead atoms. The van der Waals surface area contributed by atoms with Crippen LogP contribution in [0.1, 0.15) is 67.3 Å². The fourth-order valence-electron chi connectivity index (χ4n) is 4.89. The highest BCUT2D eigenvalue weighted by atomic mass is 32.1. The van der Waals surface area contributed by atoms with Crippen molar-refractivity contribution in [3.63, 3.8) is 0 Å². The molecule has 2 aromatic rings. The van der Waals surface area contributed by atoms with Gasteiger partial charge in [-0.15, -0.1) is 0 Å². The van der Waals surface area contributed by atoms with Gasteiger partial charge in [0.15, 0.2) is 5.11 Å². The predicted molar refractivity (Wildman–Crippen MR) is 109 cm³/mol. The summed E-state index contributed by atoms with van der Waals surface area (Å²) in [6, 6.07) is 9.38. The highest BCUT2D eigenvalue weighted by Gasteiger charge is 2.44. The Morgan fingerprint density at radius 2 is 2.00 bits per heavy atom. The van der Waals surface area contributed by atoms with E-state index in [1.807, 2.05) is 12.3 Å². The summed E-state index contributed by atoms with van der Waals surface area (Å²) in [7, 11) is 0. The monoisotopic (exact) mass is 368 g/mol. The molecular weight excluding hydrogens is 340 g/mol. The van der Waals surface area contributed by atoms with E-state index in [1.54, 1.807) is 0 Å². The largest absolute Gasteiger partial charge is 0.352 e. The standard InChI is InChI=1S/C21H28N4S/c1-4-24-14(2)13-17(15(24)3)20-19(18-11-7-8-12-22-18)23-21(26)25(20)16-9-5-6-10-16/h7-8,11-13,16,19-20H,4-6,9-10H2,1-3H3,(H,23,26)/t19-,20+/m1/s1. The number of aromatic nitrogens is 2. The maximum atomic E-state index is 5.82. The highest BCUT2D eigenvalue weighted by molar-refractivity contribution is 7.80. The van der Waals surface area contributed by atoms with Gasteiger partial charge in [0.05, 0.1) is 17.8 Å². The smallest absolute Gasteiger partial charge is 0.170 e. The maximum Gasteiger partial charge on any atom is 0.170 e. The van der Waals surface area contributed by atoms with E-state index >= 15 is 0 Å². The van der Waals surface area contributed by atoms with E-state index in [2.05, 4.69) is 58.7 Å². The molecule has 2 aliphatic rings. The van der Waals surface area contributed by atoms with E-state index in [-0.39, 0.29) is 12.1 Å². The maximum absolute atomic E-state index is 5.82. The minimum Gasteiger partial charge on any atom is -0.352 e. The van der Waals surface area contributed by atoms with Crippen LogP contribution < -0.4 is 5.32 Å². The molecular formula is C21H28N4S. The molecule has 2 fully saturated rings. The van der Waals surface area contributed by atoms with Gasteiger partial charge in [0.25, 0.3) is 0 Å². The Bertz CT molecular complexity index is 792. The van der Waals surface area contributed by atoms with Crippen LogP contribution in [-0.4, -0.2) is 25.6 Å². The van der Waals surface area contributed by atoms with Crippen molar-refractivity contribution in [3.05, 3.63) is 53.1 Å². The van der Waals surface area contributed by atoms with E-state index < -0.39 is 0 Å². The number of pyridine rings is 1. The minimum atomic E-state index is 0.107. The summed E-state index contributed by atoms with van der Waals surface area (Å²) >= 11 is 5.82. The lowest BCUT2D eigenvalue weighted by Gasteiger charge is -2.33. The zero-order valence-corrected chi connectivity index (χ0v) is 16.7. The topological polar surface area (TPSA) is 33.1 Å². The van der Waals surface area contributed by atoms with Crippen LogP contribution in [0, 0.1) is 13.8 Å². The number of rotatable bonds is 4. The van der Waals surface area contributed by atoms with Crippen molar-refractivity contribution in [2.24, 2.45) is 0 Å². The average molecular weight is 369 g/mol. The molecule has 1 saturated heterocycles. The van der Waals surface area contributed by atoms with Crippen LogP contribution >= 0.6 is 12.2 Å². The second-order valence-corrected chi connectivity index (χ2v) is 7.93. The first kappa shape index (κ1) is 17.5. The third kappa shape index (κ3) is 2.82. The Kier molecular flexibility index (Phi) is 4.74. The van der Waals surface area contributed by atoms with E-state index in [4.69, 9.17) is 12.2 Å². The second-order valence-electron chi connectivity index (χ2n) is 7.54. The number of nitrogens with zero attached hydrogens (tertiary/aromatic N) is 3. The number of nitrogens with one attached hydrogen (secondary N) is 1. The molecule has 1 aliphatic heterocycles. The van der Waals surface area contributed by atoms with E-state index in [1.165, 1.54) is 42.6 Å². The summed E-state index contributed by atoms with van der Waals surface area (Å²) in [4.78, 5) is 7.14. The fourth-order valence-corrected chi connectivity index (χ4v) is 5.28. The van der Waals surface area contributed by atoms with Crippen LogP contribution in [0.5, 0.6) is 0 Å². The van der Waals surface area contributed by atoms with E-state index in [9.17, 15) is 0 Å². The SMILES string of the molecule is CCn1c(C)cc([C@H]2[C@@H](c3ccccn3)NC(=S)N2C2CCCC2)c1C. The third-order valence-corrected chi connectivity index (χ3v) is 6.43. The third-order valence-electron chi connectivity index (χ3n) is 6.10. The van der Waals surface area contributed by atoms with Crippen LogP contribution in [0.4, 0.5) is 0 Å². The Morgan fingerprint density at radius 3 is 2.62 bits per heavy atom. The molecule has 3 heterocycles. The van der Waals surface area contributed by atoms with Crippen molar-refractivity contribution in [1.82, 2.24) is 19.8 Å². The molecule has 0 aromatic carbocycles. The van der Waals surface area contributed by atoms with Gasteiger partial charge in [-0.3, -0.25) is 4.98 Å². The Balaban J connectivity index is 1.81. The first-order valence-electron chi connectivity index (χ1n) is 9.78. The van der Waals surface area contributed by atoms with Crippen LogP contribution in [0.3, 0.4) is 0 Å². The lowest BCUT2D eigenvalue weighted by Crippen LogP contribution is -2.37. The first-order valence-corrected chi connectivity index (χ1v) is 10.2. The van der Waals surface area contributed by atoms with Crippen molar-refractivity contribution in [2.75, 3.05) is 0 Å². The van der Waals surface area contributed by atoms with Gasteiger partial charge in [0.1, 0.15) is 0 Å². The normalized spacial score (nSPS) is 23.7. The van der Waals surface area contributed by atoms with Crippen molar-refractivity contribution in [2.45, 2.75) is 71.1 Å². The molecule has 1 N–H and O–H groups in total. The molecule has 0 radical (unpaired) electrons. The summed E-state index contributed by atoms with van der Waals surface area (Å²) in [6.45, 7) is 7.66. The van der Waals surface area contributed by atoms with Gasteiger partial charge >= 0.3 is 0 Å². The molecule has 138 valence electrons. The summed E-state index contributed by atoms with van der Waals surface area (Å²) in [6.07, 6.45) is 6.96. The molecule has 2 atom stereocenters. The molecule has 5 heteroatoms. The Labute approximate surface area is 161 Å². The Hall–Kier alpha value is -1.88. The Morgan fingerprint density at radius 1 is 1.23 bits per heavy atom. The van der Waals surface area contributed by atoms with Crippen LogP contribution in [0.25, 0.3) is 0 Å². The van der Waals surface area contributed by atoms with Crippen LogP contribution in [0.15, 0.2) is 30.5 Å². The van der Waals surface area contributed by atoms with Crippen molar-refractivity contribution < 1.29 is 0 Å². The van der Waals surface area contributed by atoms with Gasteiger partial charge in [0, 0.05) is 30.2 Å². The number of hydrogen-bond donors (Lipinski definition) is 1. The summed E-state index contributed by atoms with van der Waals surface area (Å²) < 4.78 is 2.40. The van der Waals surface area contributed by atoms with Gasteiger partial charge in [-0.25, -0.2) is 0 Å². The molecule has 4 rings (SSSR count). The zero-order chi connectivity index (χ0) is 18.3. The van der Waals surface area contributed by atoms with Crippen molar-refractivity contribution in [1.29, 1.82) is 0 Å². The molecule has 0 amide bonds. The minimum absolute atomic E-state index is 0.107. The highest BCUT2D eigenvalue weighted by Crippen LogP contribution is 2.44. The quantitative estimate of drug-likeness (QED) is 0.809.